The van der Waals surface area contributed by atoms with Crippen molar-refractivity contribution in [3.05, 3.63) is 69.4 Å². The molecule has 0 amide bonds. The predicted molar refractivity (Wildman–Crippen MR) is 88.5 cm³/mol. The normalized spacial score (nSPS) is 12.0. The Labute approximate surface area is 142 Å². The Morgan fingerprint density at radius 1 is 1.30 bits per heavy atom. The molecule has 0 spiro atoms. The fourth-order valence-corrected chi connectivity index (χ4v) is 2.67. The SMILES string of the molecule is COC(=O)c1ccc(CN[C@H](CO)c2ccc(F)cc2)c(Br)c1. The molecule has 6 heteroatoms. The van der Waals surface area contributed by atoms with Crippen molar-refractivity contribution in [2.45, 2.75) is 12.6 Å². The van der Waals surface area contributed by atoms with Crippen LogP contribution in [0, 0.1) is 5.82 Å². The molecule has 0 saturated heterocycles. The van der Waals surface area contributed by atoms with Crippen LogP contribution in [-0.4, -0.2) is 24.8 Å². The molecule has 2 rings (SSSR count). The standard InChI is InChI=1S/C17H17BrFNO3/c1-23-17(22)12-2-3-13(15(18)8-12)9-20-16(10-21)11-4-6-14(19)7-5-11/h2-8,16,20-21H,9-10H2,1H3/t16-/m1/s1. The first kappa shape index (κ1) is 17.6. The number of benzene rings is 2. The van der Waals surface area contributed by atoms with Gasteiger partial charge in [0.05, 0.1) is 25.3 Å². The highest BCUT2D eigenvalue weighted by Crippen LogP contribution is 2.21. The highest BCUT2D eigenvalue weighted by molar-refractivity contribution is 9.10. The topological polar surface area (TPSA) is 58.6 Å². The maximum atomic E-state index is 13.0. The second kappa shape index (κ2) is 8.19. The van der Waals surface area contributed by atoms with Gasteiger partial charge < -0.3 is 15.2 Å². The molecule has 0 aromatic heterocycles. The summed E-state index contributed by atoms with van der Waals surface area (Å²) in [6.45, 7) is 0.369. The maximum Gasteiger partial charge on any atom is 0.337 e. The number of carbonyl (C=O) groups excluding carboxylic acids is 1. The van der Waals surface area contributed by atoms with E-state index in [1.165, 1.54) is 19.2 Å². The Morgan fingerprint density at radius 3 is 2.57 bits per heavy atom. The first-order valence-corrected chi connectivity index (χ1v) is 7.81. The summed E-state index contributed by atoms with van der Waals surface area (Å²) in [5, 5.41) is 12.7. The Balaban J connectivity index is 2.06. The number of aliphatic hydroxyl groups is 1. The minimum absolute atomic E-state index is 0.108. The number of methoxy groups -OCH3 is 1. The zero-order valence-corrected chi connectivity index (χ0v) is 14.1. The van der Waals surface area contributed by atoms with Crippen LogP contribution in [0.25, 0.3) is 0 Å². The average Bonchev–Trinajstić information content (AvgIpc) is 2.57. The molecule has 2 aromatic carbocycles. The quantitative estimate of drug-likeness (QED) is 0.754. The van der Waals surface area contributed by atoms with Crippen LogP contribution in [0.4, 0.5) is 4.39 Å². The van der Waals surface area contributed by atoms with Crippen molar-refractivity contribution >= 4 is 21.9 Å². The summed E-state index contributed by atoms with van der Waals surface area (Å²) in [4.78, 5) is 11.5. The largest absolute Gasteiger partial charge is 0.465 e. The van der Waals surface area contributed by atoms with E-state index >= 15 is 0 Å². The molecule has 0 heterocycles. The fourth-order valence-electron chi connectivity index (χ4n) is 2.15. The molecule has 23 heavy (non-hydrogen) atoms. The van der Waals surface area contributed by atoms with E-state index in [2.05, 4.69) is 26.0 Å². The third-order valence-electron chi connectivity index (χ3n) is 3.47. The fraction of sp³-hybridized carbons (Fsp3) is 0.235. The number of ether oxygens (including phenoxy) is 1. The molecule has 0 unspecified atom stereocenters. The van der Waals surface area contributed by atoms with Crippen molar-refractivity contribution in [1.29, 1.82) is 0 Å². The minimum atomic E-state index is -0.398. The van der Waals surface area contributed by atoms with E-state index in [0.717, 1.165) is 15.6 Å². The number of nitrogens with one attached hydrogen (secondary N) is 1. The highest BCUT2D eigenvalue weighted by Gasteiger charge is 2.12. The van der Waals surface area contributed by atoms with E-state index in [9.17, 15) is 14.3 Å². The highest BCUT2D eigenvalue weighted by atomic mass is 79.9. The van der Waals surface area contributed by atoms with Gasteiger partial charge in [0.2, 0.25) is 0 Å². The lowest BCUT2D eigenvalue weighted by molar-refractivity contribution is 0.0600. The van der Waals surface area contributed by atoms with Gasteiger partial charge in [0.25, 0.3) is 0 Å². The number of halogens is 2. The Hall–Kier alpha value is -1.76. The van der Waals surface area contributed by atoms with Crippen molar-refractivity contribution in [3.63, 3.8) is 0 Å². The van der Waals surface area contributed by atoms with Crippen molar-refractivity contribution in [3.8, 4) is 0 Å². The summed E-state index contributed by atoms with van der Waals surface area (Å²) in [6, 6.07) is 10.9. The molecule has 1 atom stereocenters. The molecule has 2 N–H and O–H groups in total. The first-order chi connectivity index (χ1) is 11.0. The molecule has 0 radical (unpaired) electrons. The summed E-state index contributed by atoms with van der Waals surface area (Å²) >= 11 is 3.42. The van der Waals surface area contributed by atoms with Crippen LogP contribution in [0.2, 0.25) is 0 Å². The second-order valence-electron chi connectivity index (χ2n) is 4.97. The monoisotopic (exact) mass is 381 g/mol. The third-order valence-corrected chi connectivity index (χ3v) is 4.21. The van der Waals surface area contributed by atoms with Gasteiger partial charge in [0, 0.05) is 11.0 Å². The first-order valence-electron chi connectivity index (χ1n) is 7.01. The van der Waals surface area contributed by atoms with Crippen LogP contribution in [0.3, 0.4) is 0 Å². The summed E-state index contributed by atoms with van der Waals surface area (Å²) in [7, 11) is 1.33. The molecule has 2 aromatic rings. The number of esters is 1. The van der Waals surface area contributed by atoms with Crippen LogP contribution in [0.15, 0.2) is 46.9 Å². The molecule has 0 aliphatic carbocycles. The second-order valence-corrected chi connectivity index (χ2v) is 5.82. The number of aliphatic hydroxyl groups excluding tert-OH is 1. The summed E-state index contributed by atoms with van der Waals surface area (Å²) in [6.07, 6.45) is 0. The summed E-state index contributed by atoms with van der Waals surface area (Å²) in [5.74, 6) is -0.712. The molecule has 0 saturated carbocycles. The smallest absolute Gasteiger partial charge is 0.337 e. The lowest BCUT2D eigenvalue weighted by atomic mass is 10.1. The van der Waals surface area contributed by atoms with Crippen molar-refractivity contribution in [2.75, 3.05) is 13.7 Å². The van der Waals surface area contributed by atoms with Crippen LogP contribution in [0.1, 0.15) is 27.5 Å². The minimum Gasteiger partial charge on any atom is -0.465 e. The van der Waals surface area contributed by atoms with E-state index in [-0.39, 0.29) is 18.5 Å². The van der Waals surface area contributed by atoms with Crippen LogP contribution in [-0.2, 0) is 11.3 Å². The van der Waals surface area contributed by atoms with Gasteiger partial charge in [-0.2, -0.15) is 0 Å². The van der Waals surface area contributed by atoms with E-state index in [4.69, 9.17) is 0 Å². The van der Waals surface area contributed by atoms with Crippen LogP contribution in [0.5, 0.6) is 0 Å². The van der Waals surface area contributed by atoms with Crippen molar-refractivity contribution in [1.82, 2.24) is 5.32 Å². The molecule has 4 nitrogen and oxygen atoms in total. The number of rotatable bonds is 6. The molecular formula is C17H17BrFNO3. The van der Waals surface area contributed by atoms with E-state index in [1.807, 2.05) is 6.07 Å². The third kappa shape index (κ3) is 4.60. The molecule has 0 aliphatic rings. The number of hydrogen-bond donors (Lipinski definition) is 2. The molecule has 0 fully saturated rings. The molecule has 0 aliphatic heterocycles. The Kier molecular flexibility index (Phi) is 6.27. The molecule has 122 valence electrons. The summed E-state index contributed by atoms with van der Waals surface area (Å²) < 4.78 is 18.4. The number of hydrogen-bond acceptors (Lipinski definition) is 4. The Bertz CT molecular complexity index is 676. The van der Waals surface area contributed by atoms with Crippen LogP contribution < -0.4 is 5.32 Å². The van der Waals surface area contributed by atoms with Gasteiger partial charge in [-0.15, -0.1) is 0 Å². The lowest BCUT2D eigenvalue weighted by Crippen LogP contribution is -2.24. The predicted octanol–water partition coefficient (Wildman–Crippen LogP) is 3.20. The average molecular weight is 382 g/mol. The van der Waals surface area contributed by atoms with Gasteiger partial charge in [-0.05, 0) is 35.4 Å². The summed E-state index contributed by atoms with van der Waals surface area (Å²) in [5.41, 5.74) is 2.19. The maximum absolute atomic E-state index is 13.0. The van der Waals surface area contributed by atoms with Gasteiger partial charge in [0.1, 0.15) is 5.82 Å². The lowest BCUT2D eigenvalue weighted by Gasteiger charge is -2.17. The van der Waals surface area contributed by atoms with Gasteiger partial charge in [0.15, 0.2) is 0 Å². The Morgan fingerprint density at radius 2 is 2.00 bits per heavy atom. The van der Waals surface area contributed by atoms with E-state index in [0.29, 0.717) is 12.1 Å². The van der Waals surface area contributed by atoms with E-state index < -0.39 is 5.97 Å². The van der Waals surface area contributed by atoms with Gasteiger partial charge in [-0.1, -0.05) is 34.1 Å². The van der Waals surface area contributed by atoms with Crippen LogP contribution >= 0.6 is 15.9 Å². The zero-order valence-electron chi connectivity index (χ0n) is 12.6. The number of carbonyl (C=O) groups is 1. The van der Waals surface area contributed by atoms with Gasteiger partial charge >= 0.3 is 5.97 Å². The van der Waals surface area contributed by atoms with Crippen molar-refractivity contribution < 1.29 is 19.0 Å². The van der Waals surface area contributed by atoms with Gasteiger partial charge in [-0.3, -0.25) is 0 Å². The zero-order chi connectivity index (χ0) is 16.8. The molecule has 0 bridgehead atoms. The molecular weight excluding hydrogens is 365 g/mol. The van der Waals surface area contributed by atoms with E-state index in [1.54, 1.807) is 24.3 Å². The van der Waals surface area contributed by atoms with Crippen molar-refractivity contribution in [2.24, 2.45) is 0 Å². The van der Waals surface area contributed by atoms with Gasteiger partial charge in [-0.25, -0.2) is 9.18 Å².